The van der Waals surface area contributed by atoms with Gasteiger partial charge in [0.2, 0.25) is 0 Å². The summed E-state index contributed by atoms with van der Waals surface area (Å²) in [5, 5.41) is 16.7. The largest absolute Gasteiger partial charge is 0.409 e. The van der Waals surface area contributed by atoms with E-state index in [-0.39, 0.29) is 17.8 Å². The van der Waals surface area contributed by atoms with Gasteiger partial charge >= 0.3 is 6.18 Å². The van der Waals surface area contributed by atoms with Gasteiger partial charge in [-0.2, -0.15) is 18.3 Å². The number of rotatable bonds is 7. The normalized spacial score (nSPS) is 13.2. The summed E-state index contributed by atoms with van der Waals surface area (Å²) in [6.07, 6.45) is -1.39. The molecule has 0 fully saturated rings. The number of aromatic amines is 1. The Kier molecular flexibility index (Phi) is 5.10. The number of unbranched alkanes of at least 4 members (excludes halogenated alkanes) is 1. The minimum atomic E-state index is -4.48. The molecule has 0 spiro atoms. The van der Waals surface area contributed by atoms with E-state index in [2.05, 4.69) is 31.0 Å². The van der Waals surface area contributed by atoms with Crippen molar-refractivity contribution in [1.29, 1.82) is 0 Å². The Morgan fingerprint density at radius 3 is 2.90 bits per heavy atom. The number of aromatic nitrogens is 4. The monoisotopic (exact) mass is 404 g/mol. The number of benzene rings is 1. The van der Waals surface area contributed by atoms with Gasteiger partial charge in [0.25, 0.3) is 0 Å². The summed E-state index contributed by atoms with van der Waals surface area (Å²) in [7, 11) is 0. The topological polar surface area (TPSA) is 91.7 Å². The molecule has 7 nitrogen and oxygen atoms in total. The summed E-state index contributed by atoms with van der Waals surface area (Å²) in [5.41, 5.74) is 2.11. The Labute approximate surface area is 163 Å². The van der Waals surface area contributed by atoms with Gasteiger partial charge in [-0.1, -0.05) is 18.5 Å². The molecule has 0 amide bonds. The maximum absolute atomic E-state index is 13.5. The van der Waals surface area contributed by atoms with Crippen molar-refractivity contribution < 1.29 is 17.7 Å². The summed E-state index contributed by atoms with van der Waals surface area (Å²) in [6.45, 7) is 2.16. The van der Waals surface area contributed by atoms with Crippen molar-refractivity contribution in [2.24, 2.45) is 0 Å². The number of hydrogen-bond acceptors (Lipinski definition) is 6. The smallest absolute Gasteiger partial charge is 0.356 e. The molecule has 0 aliphatic carbocycles. The third kappa shape index (κ3) is 3.88. The molecule has 4 aromatic rings. The number of anilines is 2. The van der Waals surface area contributed by atoms with Crippen LogP contribution in [0.5, 0.6) is 0 Å². The maximum atomic E-state index is 13.5. The Balaban J connectivity index is 1.62. The van der Waals surface area contributed by atoms with E-state index in [4.69, 9.17) is 4.52 Å². The van der Waals surface area contributed by atoms with Crippen molar-refractivity contribution in [2.45, 2.75) is 32.0 Å². The molecule has 0 aliphatic rings. The van der Waals surface area contributed by atoms with Gasteiger partial charge in [0.15, 0.2) is 17.4 Å². The van der Waals surface area contributed by atoms with Gasteiger partial charge in [0.05, 0.1) is 5.52 Å². The molecule has 3 heterocycles. The lowest BCUT2D eigenvalue weighted by molar-refractivity contribution is -0.158. The highest BCUT2D eigenvalue weighted by Crippen LogP contribution is 2.36. The predicted octanol–water partition coefficient (Wildman–Crippen LogP) is 4.84. The molecule has 0 saturated carbocycles. The number of pyridine rings is 1. The second-order valence-electron chi connectivity index (χ2n) is 6.66. The van der Waals surface area contributed by atoms with Crippen molar-refractivity contribution >= 4 is 33.5 Å². The molecule has 4 rings (SSSR count). The standard InChI is InChI=1S/C19H19F3N6O/c1-2-3-8-24-17(19(20,21)22)15-12-7-6-11(10-14(12)29-28-15)25-18-16-13(26-27-18)5-4-9-23-16/h4-7,9-10,17,24H,2-3,8H2,1H3,(H2,25,26,27). The van der Waals surface area contributed by atoms with Gasteiger partial charge in [-0.15, -0.1) is 0 Å². The first-order valence-corrected chi connectivity index (χ1v) is 9.23. The lowest BCUT2D eigenvalue weighted by Gasteiger charge is -2.19. The summed E-state index contributed by atoms with van der Waals surface area (Å²) in [4.78, 5) is 4.26. The van der Waals surface area contributed by atoms with Gasteiger partial charge in [0.1, 0.15) is 11.2 Å². The van der Waals surface area contributed by atoms with Gasteiger partial charge in [-0.25, -0.2) is 0 Å². The fourth-order valence-electron chi connectivity index (χ4n) is 3.11. The Morgan fingerprint density at radius 1 is 1.24 bits per heavy atom. The number of nitrogens with zero attached hydrogens (tertiary/aromatic N) is 3. The van der Waals surface area contributed by atoms with Crippen LogP contribution in [0.15, 0.2) is 41.1 Å². The van der Waals surface area contributed by atoms with E-state index in [1.807, 2.05) is 13.0 Å². The van der Waals surface area contributed by atoms with Crippen molar-refractivity contribution in [1.82, 2.24) is 25.7 Å². The van der Waals surface area contributed by atoms with Crippen molar-refractivity contribution in [3.05, 3.63) is 42.2 Å². The number of alkyl halides is 3. The van der Waals surface area contributed by atoms with E-state index in [9.17, 15) is 13.2 Å². The lowest BCUT2D eigenvalue weighted by Crippen LogP contribution is -2.35. The molecule has 0 bridgehead atoms. The number of hydrogen-bond donors (Lipinski definition) is 3. The Morgan fingerprint density at radius 2 is 2.10 bits per heavy atom. The van der Waals surface area contributed by atoms with Crippen molar-refractivity contribution in [2.75, 3.05) is 11.9 Å². The summed E-state index contributed by atoms with van der Waals surface area (Å²) in [6, 6.07) is 6.56. The quantitative estimate of drug-likeness (QED) is 0.382. The van der Waals surface area contributed by atoms with E-state index in [0.29, 0.717) is 28.8 Å². The van der Waals surface area contributed by atoms with E-state index >= 15 is 0 Å². The van der Waals surface area contributed by atoms with Crippen LogP contribution in [0, 0.1) is 0 Å². The SMILES string of the molecule is CCCCNC(c1noc2cc(Nc3n[nH]c4cccnc34)ccc12)C(F)(F)F. The van der Waals surface area contributed by atoms with Crippen LogP contribution in [-0.4, -0.2) is 33.1 Å². The molecule has 3 N–H and O–H groups in total. The number of nitrogens with one attached hydrogen (secondary N) is 3. The molecule has 0 saturated heterocycles. The van der Waals surface area contributed by atoms with Crippen LogP contribution >= 0.6 is 0 Å². The first-order chi connectivity index (χ1) is 14.0. The van der Waals surface area contributed by atoms with Crippen LogP contribution < -0.4 is 10.6 Å². The molecule has 1 atom stereocenters. The van der Waals surface area contributed by atoms with Crippen LogP contribution in [0.4, 0.5) is 24.7 Å². The third-order valence-electron chi connectivity index (χ3n) is 4.56. The highest BCUT2D eigenvalue weighted by molar-refractivity contribution is 5.89. The van der Waals surface area contributed by atoms with E-state index < -0.39 is 12.2 Å². The molecular weight excluding hydrogens is 385 g/mol. The van der Waals surface area contributed by atoms with Gasteiger partial charge < -0.3 is 15.2 Å². The first-order valence-electron chi connectivity index (χ1n) is 9.23. The minimum Gasteiger partial charge on any atom is -0.356 e. The van der Waals surface area contributed by atoms with Gasteiger partial charge in [0, 0.05) is 23.3 Å². The Hall–Kier alpha value is -3.14. The summed E-state index contributed by atoms with van der Waals surface area (Å²) >= 11 is 0. The van der Waals surface area contributed by atoms with E-state index in [0.717, 1.165) is 11.9 Å². The molecule has 1 unspecified atom stereocenters. The van der Waals surface area contributed by atoms with E-state index in [1.54, 1.807) is 30.5 Å². The molecule has 10 heteroatoms. The minimum absolute atomic E-state index is 0.165. The highest BCUT2D eigenvalue weighted by Gasteiger charge is 2.43. The number of fused-ring (bicyclic) bond motifs is 2. The van der Waals surface area contributed by atoms with Gasteiger partial charge in [-0.05, 0) is 37.2 Å². The fourth-order valence-corrected chi connectivity index (χ4v) is 3.11. The van der Waals surface area contributed by atoms with E-state index in [1.165, 1.54) is 0 Å². The third-order valence-corrected chi connectivity index (χ3v) is 4.56. The number of halogens is 3. The number of H-pyrrole nitrogens is 1. The zero-order chi connectivity index (χ0) is 20.4. The molecule has 0 aliphatic heterocycles. The summed E-state index contributed by atoms with van der Waals surface area (Å²) in [5.74, 6) is 0.508. The fraction of sp³-hybridized carbons (Fsp3) is 0.316. The van der Waals surface area contributed by atoms with Crippen LogP contribution in [0.1, 0.15) is 31.5 Å². The van der Waals surface area contributed by atoms with Crippen LogP contribution in [0.25, 0.3) is 22.0 Å². The average Bonchev–Trinajstić information content (AvgIpc) is 3.29. The molecule has 1 aromatic carbocycles. The maximum Gasteiger partial charge on any atom is 0.409 e. The average molecular weight is 404 g/mol. The van der Waals surface area contributed by atoms with Crippen LogP contribution in [-0.2, 0) is 0 Å². The van der Waals surface area contributed by atoms with Gasteiger partial charge in [-0.3, -0.25) is 10.1 Å². The second kappa shape index (κ2) is 7.70. The molecule has 0 radical (unpaired) electrons. The molecule has 152 valence electrons. The van der Waals surface area contributed by atoms with Crippen LogP contribution in [0.2, 0.25) is 0 Å². The van der Waals surface area contributed by atoms with Crippen molar-refractivity contribution in [3.8, 4) is 0 Å². The second-order valence-corrected chi connectivity index (χ2v) is 6.66. The summed E-state index contributed by atoms with van der Waals surface area (Å²) < 4.78 is 45.8. The zero-order valence-corrected chi connectivity index (χ0v) is 15.5. The van der Waals surface area contributed by atoms with Crippen LogP contribution in [0.3, 0.4) is 0 Å². The molecule has 29 heavy (non-hydrogen) atoms. The predicted molar refractivity (Wildman–Crippen MR) is 103 cm³/mol. The lowest BCUT2D eigenvalue weighted by atomic mass is 10.1. The molecular formula is C19H19F3N6O. The zero-order valence-electron chi connectivity index (χ0n) is 15.5. The van der Waals surface area contributed by atoms with Crippen molar-refractivity contribution in [3.63, 3.8) is 0 Å². The highest BCUT2D eigenvalue weighted by atomic mass is 19.4. The molecule has 3 aromatic heterocycles. The Bertz CT molecular complexity index is 1120. The first kappa shape index (κ1) is 19.2.